The third kappa shape index (κ3) is 5.69. The number of rotatable bonds is 6. The Morgan fingerprint density at radius 1 is 1.41 bits per heavy atom. The minimum atomic E-state index is -0.865. The van der Waals surface area contributed by atoms with Gasteiger partial charge in [-0.25, -0.2) is 9.18 Å². The van der Waals surface area contributed by atoms with E-state index in [-0.39, 0.29) is 23.1 Å². The van der Waals surface area contributed by atoms with Crippen molar-refractivity contribution in [1.29, 1.82) is 0 Å². The molecule has 0 spiro atoms. The second-order valence-corrected chi connectivity index (χ2v) is 5.80. The van der Waals surface area contributed by atoms with Crippen LogP contribution in [0.2, 0.25) is 0 Å². The zero-order chi connectivity index (χ0) is 19.8. The van der Waals surface area contributed by atoms with Gasteiger partial charge in [0.15, 0.2) is 12.4 Å². The van der Waals surface area contributed by atoms with Crippen molar-refractivity contribution in [2.45, 2.75) is 19.8 Å². The van der Waals surface area contributed by atoms with Crippen LogP contribution in [0.1, 0.15) is 25.3 Å². The van der Waals surface area contributed by atoms with Crippen LogP contribution in [-0.4, -0.2) is 37.2 Å². The van der Waals surface area contributed by atoms with Crippen LogP contribution in [0.4, 0.5) is 10.1 Å². The maximum Gasteiger partial charge on any atom is 0.344 e. The lowest BCUT2D eigenvalue weighted by molar-refractivity contribution is -0.385. The molecule has 148 valence electrons. The van der Waals surface area contributed by atoms with Gasteiger partial charge in [0, 0.05) is 25.2 Å². The molecule has 27 heavy (non-hydrogen) atoms. The highest BCUT2D eigenvalue weighted by molar-refractivity contribution is 6.31. The number of nitro benzene ring substituents is 1. The second-order valence-electron chi connectivity index (χ2n) is 5.42. The normalized spacial score (nSPS) is 17.6. The van der Waals surface area contributed by atoms with Gasteiger partial charge in [-0.3, -0.25) is 10.1 Å². The monoisotopic (exact) mass is 403 g/mol. The van der Waals surface area contributed by atoms with Gasteiger partial charge >= 0.3 is 11.7 Å². The van der Waals surface area contributed by atoms with Gasteiger partial charge in [-0.2, -0.15) is 5.48 Å². The van der Waals surface area contributed by atoms with Crippen LogP contribution in [0.3, 0.4) is 0 Å². The van der Waals surface area contributed by atoms with E-state index in [1.54, 1.807) is 6.92 Å². The Bertz CT molecular complexity index is 743. The van der Waals surface area contributed by atoms with Gasteiger partial charge in [0.1, 0.15) is 11.0 Å². The topological polar surface area (TPSA) is 112 Å². The van der Waals surface area contributed by atoms with Crippen LogP contribution in [-0.2, 0) is 14.4 Å². The first-order valence-corrected chi connectivity index (χ1v) is 8.62. The number of hydrogen-bond donors (Lipinski definition) is 2. The zero-order valence-electron chi connectivity index (χ0n) is 14.5. The molecule has 0 saturated carbocycles. The summed E-state index contributed by atoms with van der Waals surface area (Å²) in [5.41, 5.74) is 1.87. The Kier molecular flexibility index (Phi) is 7.62. The molecule has 2 N–H and O–H groups in total. The van der Waals surface area contributed by atoms with Gasteiger partial charge in [0.05, 0.1) is 17.1 Å². The molecule has 0 aliphatic carbocycles. The smallest absolute Gasteiger partial charge is 0.344 e. The number of hydrogen-bond acceptors (Lipinski definition) is 8. The molecule has 0 amide bonds. The Balaban J connectivity index is 2.37. The van der Waals surface area contributed by atoms with Crippen LogP contribution in [0.25, 0.3) is 5.76 Å². The molecule has 0 fully saturated rings. The van der Waals surface area contributed by atoms with Gasteiger partial charge in [0.2, 0.25) is 5.75 Å². The summed E-state index contributed by atoms with van der Waals surface area (Å²) < 4.78 is 24.3. The summed E-state index contributed by atoms with van der Waals surface area (Å²) >= 11 is 6.12. The maximum absolute atomic E-state index is 14.6. The molecule has 0 radical (unpaired) electrons. The number of ether oxygens (including phenoxy) is 2. The summed E-state index contributed by atoms with van der Waals surface area (Å²) in [6.07, 6.45) is 1.61. The maximum atomic E-state index is 14.6. The van der Waals surface area contributed by atoms with Crippen LogP contribution in [0, 0.1) is 15.9 Å². The largest absolute Gasteiger partial charge is 0.475 e. The summed E-state index contributed by atoms with van der Waals surface area (Å²) in [5, 5.41) is 14.2. The van der Waals surface area contributed by atoms with Gasteiger partial charge in [-0.15, -0.1) is 0 Å². The highest BCUT2D eigenvalue weighted by Gasteiger charge is 2.25. The van der Waals surface area contributed by atoms with Crippen molar-refractivity contribution in [3.8, 4) is 5.75 Å². The third-order valence-electron chi connectivity index (χ3n) is 3.50. The molecule has 1 aromatic carbocycles. The Morgan fingerprint density at radius 3 is 2.85 bits per heavy atom. The molecular formula is C16H19ClFN3O6. The lowest BCUT2D eigenvalue weighted by Crippen LogP contribution is -2.17. The molecule has 1 heterocycles. The highest BCUT2D eigenvalue weighted by atomic mass is 35.5. The lowest BCUT2D eigenvalue weighted by Gasteiger charge is -2.14. The number of carbonyl (C=O) groups excluding carboxylic acids is 1. The number of benzene rings is 1. The molecule has 0 aromatic heterocycles. The fourth-order valence-electron chi connectivity index (χ4n) is 2.26. The van der Waals surface area contributed by atoms with Crippen molar-refractivity contribution in [2.75, 3.05) is 26.3 Å². The Morgan fingerprint density at radius 2 is 2.15 bits per heavy atom. The van der Waals surface area contributed by atoms with E-state index in [1.165, 1.54) is 0 Å². The van der Waals surface area contributed by atoms with Crippen LogP contribution in [0.5, 0.6) is 5.75 Å². The van der Waals surface area contributed by atoms with Crippen molar-refractivity contribution in [1.82, 2.24) is 10.8 Å². The van der Waals surface area contributed by atoms with E-state index in [1.807, 2.05) is 0 Å². The standard InChI is InChI=1S/C16H19ClFN3O6/c1-2-25-14(22)9-26-13-8-11(18)10(7-12(13)21(23)24)15-16(17)19-5-3-4-6-20-27-15/h7-8,19-20H,2-6,9H2,1H3/b16-15-. The van der Waals surface area contributed by atoms with Crippen molar-refractivity contribution < 1.29 is 28.4 Å². The SMILES string of the molecule is CCOC(=O)COc1cc(F)c(/C2=C(\Cl)NCCCCNO2)cc1[N+](=O)[O-]. The molecule has 1 aromatic rings. The van der Waals surface area contributed by atoms with E-state index in [2.05, 4.69) is 15.5 Å². The van der Waals surface area contributed by atoms with Crippen molar-refractivity contribution in [3.05, 3.63) is 38.8 Å². The molecule has 0 bridgehead atoms. The molecule has 0 saturated heterocycles. The van der Waals surface area contributed by atoms with Crippen molar-refractivity contribution in [3.63, 3.8) is 0 Å². The predicted octanol–water partition coefficient (Wildman–Crippen LogP) is 2.45. The number of carbonyl (C=O) groups is 1. The Hall–Kier alpha value is -2.59. The molecule has 1 aliphatic rings. The highest BCUT2D eigenvalue weighted by Crippen LogP contribution is 2.34. The molecule has 11 heteroatoms. The second kappa shape index (κ2) is 9.93. The first-order valence-electron chi connectivity index (χ1n) is 8.24. The zero-order valence-corrected chi connectivity index (χ0v) is 15.3. The number of nitro groups is 1. The first-order chi connectivity index (χ1) is 12.9. The summed E-state index contributed by atoms with van der Waals surface area (Å²) in [6.45, 7) is 2.18. The van der Waals surface area contributed by atoms with E-state index in [0.29, 0.717) is 13.1 Å². The molecule has 2 rings (SSSR count). The summed E-state index contributed by atoms with van der Waals surface area (Å²) in [5.74, 6) is -2.11. The summed E-state index contributed by atoms with van der Waals surface area (Å²) in [7, 11) is 0. The van der Waals surface area contributed by atoms with Gasteiger partial charge in [-0.05, 0) is 19.8 Å². The predicted molar refractivity (Wildman–Crippen MR) is 94.3 cm³/mol. The van der Waals surface area contributed by atoms with E-state index < -0.39 is 34.8 Å². The molecule has 9 nitrogen and oxygen atoms in total. The first kappa shape index (κ1) is 20.7. The van der Waals surface area contributed by atoms with Gasteiger partial charge in [-0.1, -0.05) is 11.6 Å². The molecule has 0 unspecified atom stereocenters. The minimum absolute atomic E-state index is 0.0118. The summed E-state index contributed by atoms with van der Waals surface area (Å²) in [6, 6.07) is 1.74. The van der Waals surface area contributed by atoms with Crippen LogP contribution < -0.4 is 15.5 Å². The van der Waals surface area contributed by atoms with E-state index in [4.69, 9.17) is 21.2 Å². The van der Waals surface area contributed by atoms with Crippen molar-refractivity contribution in [2.24, 2.45) is 0 Å². The van der Waals surface area contributed by atoms with Gasteiger partial charge < -0.3 is 19.6 Å². The third-order valence-corrected chi connectivity index (χ3v) is 3.81. The Labute approximate surface area is 159 Å². The fourth-order valence-corrected chi connectivity index (χ4v) is 2.49. The number of halogens is 2. The molecule has 0 atom stereocenters. The van der Waals surface area contributed by atoms with E-state index in [9.17, 15) is 19.3 Å². The number of nitrogens with zero attached hydrogens (tertiary/aromatic N) is 1. The van der Waals surface area contributed by atoms with Crippen LogP contribution >= 0.6 is 11.6 Å². The molecular weight excluding hydrogens is 385 g/mol. The lowest BCUT2D eigenvalue weighted by atomic mass is 10.1. The molecule has 1 aliphatic heterocycles. The summed E-state index contributed by atoms with van der Waals surface area (Å²) in [4.78, 5) is 27.3. The number of nitrogens with one attached hydrogen (secondary N) is 2. The quantitative estimate of drug-likeness (QED) is 0.322. The average Bonchev–Trinajstić information content (AvgIpc) is 2.72. The minimum Gasteiger partial charge on any atom is -0.475 e. The van der Waals surface area contributed by atoms with E-state index >= 15 is 0 Å². The number of esters is 1. The fraction of sp³-hybridized carbons (Fsp3) is 0.438. The number of hydroxylamine groups is 1. The van der Waals surface area contributed by atoms with Crippen molar-refractivity contribution >= 4 is 29.0 Å². The van der Waals surface area contributed by atoms with Crippen LogP contribution in [0.15, 0.2) is 17.3 Å². The average molecular weight is 404 g/mol. The van der Waals surface area contributed by atoms with E-state index in [0.717, 1.165) is 25.0 Å². The van der Waals surface area contributed by atoms with Gasteiger partial charge in [0.25, 0.3) is 0 Å².